The largest absolute Gasteiger partial charge is 0.368 e. The van der Waals surface area contributed by atoms with Crippen LogP contribution in [0.25, 0.3) is 0 Å². The molecule has 0 atom stereocenters. The first-order valence-corrected chi connectivity index (χ1v) is 8.71. The van der Waals surface area contributed by atoms with Gasteiger partial charge in [0, 0.05) is 37.8 Å². The van der Waals surface area contributed by atoms with Crippen LogP contribution in [0.1, 0.15) is 50.2 Å². The quantitative estimate of drug-likeness (QED) is 0.852. The van der Waals surface area contributed by atoms with Crippen LogP contribution in [0, 0.1) is 12.8 Å². The smallest absolute Gasteiger partial charge is 0.225 e. The number of hydrogen-bond donors (Lipinski definition) is 0. The summed E-state index contributed by atoms with van der Waals surface area (Å²) in [4.78, 5) is 16.9. The van der Waals surface area contributed by atoms with E-state index in [2.05, 4.69) is 48.8 Å². The van der Waals surface area contributed by atoms with Gasteiger partial charge in [-0.3, -0.25) is 4.79 Å². The summed E-state index contributed by atoms with van der Waals surface area (Å²) >= 11 is 0. The molecule has 1 aromatic rings. The summed E-state index contributed by atoms with van der Waals surface area (Å²) in [6, 6.07) is 6.61. The molecule has 0 aromatic heterocycles. The molecule has 0 N–H and O–H groups in total. The van der Waals surface area contributed by atoms with E-state index in [9.17, 15) is 4.79 Å². The lowest BCUT2D eigenvalue weighted by molar-refractivity contribution is -0.138. The van der Waals surface area contributed by atoms with Gasteiger partial charge in [-0.2, -0.15) is 0 Å². The number of carbonyl (C=O) groups is 1. The zero-order chi connectivity index (χ0) is 15.7. The minimum absolute atomic E-state index is 0.330. The molecule has 0 spiro atoms. The molecule has 3 heteroatoms. The first kappa shape index (κ1) is 15.4. The van der Waals surface area contributed by atoms with Crippen molar-refractivity contribution < 1.29 is 4.79 Å². The van der Waals surface area contributed by atoms with Crippen LogP contribution in [-0.2, 0) is 4.79 Å². The number of aryl methyl sites for hydroxylation is 1. The number of anilines is 1. The lowest BCUT2D eigenvalue weighted by atomic mass is 9.84. The normalized spacial score (nSPS) is 19.5. The fourth-order valence-electron chi connectivity index (χ4n) is 3.64. The molecule has 1 heterocycles. The third-order valence-corrected chi connectivity index (χ3v) is 5.25. The minimum Gasteiger partial charge on any atom is -0.368 e. The number of hydrogen-bond acceptors (Lipinski definition) is 2. The Hall–Kier alpha value is -1.51. The van der Waals surface area contributed by atoms with Crippen LogP contribution in [-0.4, -0.2) is 37.0 Å². The fraction of sp³-hybridized carbons (Fsp3) is 0.632. The highest BCUT2D eigenvalue weighted by atomic mass is 16.2. The number of amides is 1. The summed E-state index contributed by atoms with van der Waals surface area (Å²) in [6.07, 6.45) is 3.44. The van der Waals surface area contributed by atoms with E-state index in [1.165, 1.54) is 23.2 Å². The van der Waals surface area contributed by atoms with Crippen LogP contribution in [0.4, 0.5) is 5.69 Å². The average molecular weight is 300 g/mol. The molecular weight excluding hydrogens is 272 g/mol. The van der Waals surface area contributed by atoms with E-state index >= 15 is 0 Å². The van der Waals surface area contributed by atoms with Gasteiger partial charge in [0.05, 0.1) is 0 Å². The highest BCUT2D eigenvalue weighted by molar-refractivity contribution is 5.80. The molecule has 1 amide bonds. The zero-order valence-electron chi connectivity index (χ0n) is 14.1. The van der Waals surface area contributed by atoms with Crippen LogP contribution in [0.2, 0.25) is 0 Å². The van der Waals surface area contributed by atoms with Crippen LogP contribution in [0.15, 0.2) is 18.2 Å². The highest BCUT2D eigenvalue weighted by Crippen LogP contribution is 2.32. The zero-order valence-corrected chi connectivity index (χ0v) is 14.1. The van der Waals surface area contributed by atoms with Gasteiger partial charge < -0.3 is 9.80 Å². The van der Waals surface area contributed by atoms with Crippen molar-refractivity contribution in [3.8, 4) is 0 Å². The Morgan fingerprint density at radius 1 is 1.14 bits per heavy atom. The average Bonchev–Trinajstić information content (AvgIpc) is 2.45. The molecule has 1 aliphatic heterocycles. The predicted molar refractivity (Wildman–Crippen MR) is 91.4 cm³/mol. The number of carbonyl (C=O) groups excluding carboxylic acids is 1. The third kappa shape index (κ3) is 2.86. The van der Waals surface area contributed by atoms with Gasteiger partial charge in [-0.15, -0.1) is 0 Å². The summed E-state index contributed by atoms with van der Waals surface area (Å²) in [7, 11) is 0. The van der Waals surface area contributed by atoms with E-state index in [4.69, 9.17) is 0 Å². The number of para-hydroxylation sites is 1. The van der Waals surface area contributed by atoms with Crippen LogP contribution < -0.4 is 4.90 Å². The van der Waals surface area contributed by atoms with Crippen molar-refractivity contribution in [1.29, 1.82) is 0 Å². The van der Waals surface area contributed by atoms with Crippen molar-refractivity contribution in [2.45, 2.75) is 46.0 Å². The monoisotopic (exact) mass is 300 g/mol. The van der Waals surface area contributed by atoms with Gasteiger partial charge in [0.15, 0.2) is 0 Å². The molecule has 1 saturated carbocycles. The minimum atomic E-state index is 0.330. The topological polar surface area (TPSA) is 23.6 Å². The standard InChI is InChI=1S/C19H28N2O/c1-14(2)17-9-4-6-15(3)18(17)20-10-12-21(13-11-20)19(22)16-7-5-8-16/h4,6,9,14,16H,5,7-8,10-13H2,1-3H3. The number of rotatable bonds is 3. The number of benzene rings is 1. The summed E-state index contributed by atoms with van der Waals surface area (Å²) in [6.45, 7) is 10.4. The van der Waals surface area contributed by atoms with Crippen molar-refractivity contribution in [3.63, 3.8) is 0 Å². The fourth-order valence-corrected chi connectivity index (χ4v) is 3.64. The van der Waals surface area contributed by atoms with Crippen LogP contribution >= 0.6 is 0 Å². The van der Waals surface area contributed by atoms with E-state index in [0.717, 1.165) is 39.0 Å². The molecule has 3 nitrogen and oxygen atoms in total. The molecular formula is C19H28N2O. The first-order chi connectivity index (χ1) is 10.6. The molecule has 1 aliphatic carbocycles. The van der Waals surface area contributed by atoms with Gasteiger partial charge in [-0.05, 0) is 36.8 Å². The van der Waals surface area contributed by atoms with Gasteiger partial charge in [0.1, 0.15) is 0 Å². The lowest BCUT2D eigenvalue weighted by Gasteiger charge is -2.40. The predicted octanol–water partition coefficient (Wildman–Crippen LogP) is 3.57. The molecule has 120 valence electrons. The second-order valence-electron chi connectivity index (χ2n) is 7.11. The Labute approximate surface area is 134 Å². The Morgan fingerprint density at radius 2 is 1.82 bits per heavy atom. The molecule has 22 heavy (non-hydrogen) atoms. The van der Waals surface area contributed by atoms with Gasteiger partial charge in [-0.1, -0.05) is 38.5 Å². The Bertz CT molecular complexity index is 540. The van der Waals surface area contributed by atoms with E-state index in [0.29, 0.717) is 17.7 Å². The second kappa shape index (κ2) is 6.31. The van der Waals surface area contributed by atoms with Crippen molar-refractivity contribution in [2.75, 3.05) is 31.1 Å². The molecule has 0 unspecified atom stereocenters. The first-order valence-electron chi connectivity index (χ1n) is 8.71. The van der Waals surface area contributed by atoms with Gasteiger partial charge in [0.25, 0.3) is 0 Å². The Balaban J connectivity index is 1.70. The van der Waals surface area contributed by atoms with Crippen LogP contribution in [0.3, 0.4) is 0 Å². The van der Waals surface area contributed by atoms with E-state index < -0.39 is 0 Å². The maximum absolute atomic E-state index is 12.4. The molecule has 0 radical (unpaired) electrons. The van der Waals surface area contributed by atoms with Crippen molar-refractivity contribution >= 4 is 11.6 Å². The Morgan fingerprint density at radius 3 is 2.36 bits per heavy atom. The maximum atomic E-state index is 12.4. The molecule has 3 rings (SSSR count). The van der Waals surface area contributed by atoms with Crippen LogP contribution in [0.5, 0.6) is 0 Å². The van der Waals surface area contributed by atoms with Crippen molar-refractivity contribution in [2.24, 2.45) is 5.92 Å². The summed E-state index contributed by atoms with van der Waals surface area (Å²) in [5.41, 5.74) is 4.18. The molecule has 1 aromatic carbocycles. The van der Waals surface area contributed by atoms with Gasteiger partial charge >= 0.3 is 0 Å². The SMILES string of the molecule is Cc1cccc(C(C)C)c1N1CCN(C(=O)C2CCC2)CC1. The molecule has 0 bridgehead atoms. The van der Waals surface area contributed by atoms with Gasteiger partial charge in [0.2, 0.25) is 5.91 Å². The number of piperazine rings is 1. The molecule has 2 aliphatic rings. The van der Waals surface area contributed by atoms with E-state index in [-0.39, 0.29) is 0 Å². The summed E-state index contributed by atoms with van der Waals surface area (Å²) in [5, 5.41) is 0. The molecule has 2 fully saturated rings. The third-order valence-electron chi connectivity index (χ3n) is 5.25. The van der Waals surface area contributed by atoms with Crippen molar-refractivity contribution in [3.05, 3.63) is 29.3 Å². The number of nitrogens with zero attached hydrogens (tertiary/aromatic N) is 2. The summed E-state index contributed by atoms with van der Waals surface area (Å²) in [5.74, 6) is 1.26. The molecule has 1 saturated heterocycles. The lowest BCUT2D eigenvalue weighted by Crippen LogP contribution is -2.51. The summed E-state index contributed by atoms with van der Waals surface area (Å²) < 4.78 is 0. The van der Waals surface area contributed by atoms with E-state index in [1.54, 1.807) is 0 Å². The Kier molecular flexibility index (Phi) is 4.42. The highest BCUT2D eigenvalue weighted by Gasteiger charge is 2.31. The second-order valence-corrected chi connectivity index (χ2v) is 7.11. The maximum Gasteiger partial charge on any atom is 0.225 e. The van der Waals surface area contributed by atoms with Gasteiger partial charge in [-0.25, -0.2) is 0 Å². The van der Waals surface area contributed by atoms with Crippen molar-refractivity contribution in [1.82, 2.24) is 4.90 Å². The van der Waals surface area contributed by atoms with E-state index in [1.807, 2.05) is 0 Å².